The van der Waals surface area contributed by atoms with Gasteiger partial charge in [-0.1, -0.05) is 12.1 Å². The van der Waals surface area contributed by atoms with Crippen LogP contribution in [-0.4, -0.2) is 56.8 Å². The van der Waals surface area contributed by atoms with Crippen molar-refractivity contribution in [3.05, 3.63) is 29.8 Å². The molecule has 0 spiro atoms. The van der Waals surface area contributed by atoms with Gasteiger partial charge < -0.3 is 15.0 Å². The number of ether oxygens (including phenoxy) is 1. The standard InChI is InChI=1S/C20H25N3O5S/c1-13(14-6-7-14)21-18(24)12-28-20(25)15-8-10-23(11-9-15)19-16-4-2-3-5-17(16)29(26,27)22-19/h2-5,13-15H,6-12H2,1H3,(H,21,24)/t13-/m0/s1. The van der Waals surface area contributed by atoms with Gasteiger partial charge in [0, 0.05) is 24.7 Å². The molecule has 1 N–H and O–H groups in total. The van der Waals surface area contributed by atoms with Gasteiger partial charge in [0.1, 0.15) is 4.90 Å². The van der Waals surface area contributed by atoms with E-state index < -0.39 is 10.0 Å². The number of hydrogen-bond acceptors (Lipinski definition) is 6. The minimum Gasteiger partial charge on any atom is -0.455 e. The Morgan fingerprint density at radius 3 is 2.59 bits per heavy atom. The summed E-state index contributed by atoms with van der Waals surface area (Å²) in [6.07, 6.45) is 3.33. The van der Waals surface area contributed by atoms with Gasteiger partial charge in [0.15, 0.2) is 12.4 Å². The lowest BCUT2D eigenvalue weighted by molar-refractivity contribution is -0.153. The molecule has 0 radical (unpaired) electrons. The number of nitrogens with one attached hydrogen (secondary N) is 1. The summed E-state index contributed by atoms with van der Waals surface area (Å²) in [5, 5.41) is 2.86. The molecular formula is C20H25N3O5S. The zero-order valence-electron chi connectivity index (χ0n) is 16.3. The normalized spacial score (nSPS) is 21.8. The van der Waals surface area contributed by atoms with Gasteiger partial charge in [0.2, 0.25) is 0 Å². The minimum absolute atomic E-state index is 0.121. The summed E-state index contributed by atoms with van der Waals surface area (Å²) < 4.78 is 33.6. The lowest BCUT2D eigenvalue weighted by atomic mass is 9.96. The fraction of sp³-hybridized carbons (Fsp3) is 0.550. The van der Waals surface area contributed by atoms with E-state index in [1.54, 1.807) is 24.3 Å². The number of amidine groups is 1. The molecule has 1 aliphatic carbocycles. The van der Waals surface area contributed by atoms with Crippen LogP contribution in [-0.2, 0) is 24.3 Å². The van der Waals surface area contributed by atoms with E-state index in [-0.39, 0.29) is 35.3 Å². The molecule has 0 aromatic heterocycles. The second-order valence-electron chi connectivity index (χ2n) is 7.95. The highest BCUT2D eigenvalue weighted by Crippen LogP contribution is 2.32. The number of sulfonamides is 1. The van der Waals surface area contributed by atoms with Crippen molar-refractivity contribution in [1.29, 1.82) is 0 Å². The zero-order valence-corrected chi connectivity index (χ0v) is 17.2. The molecule has 1 amide bonds. The zero-order chi connectivity index (χ0) is 20.6. The third kappa shape index (κ3) is 4.29. The first-order valence-electron chi connectivity index (χ1n) is 10.0. The fourth-order valence-corrected chi connectivity index (χ4v) is 5.14. The number of fused-ring (bicyclic) bond motifs is 1. The first kappa shape index (κ1) is 19.9. The lowest BCUT2D eigenvalue weighted by Gasteiger charge is -2.32. The number of piperidine rings is 1. The van der Waals surface area contributed by atoms with Gasteiger partial charge >= 0.3 is 5.97 Å². The van der Waals surface area contributed by atoms with Crippen molar-refractivity contribution < 1.29 is 22.7 Å². The molecule has 1 saturated heterocycles. The van der Waals surface area contributed by atoms with Crippen molar-refractivity contribution in [2.45, 2.75) is 43.5 Å². The Hall–Kier alpha value is -2.42. The number of esters is 1. The number of carbonyl (C=O) groups excluding carboxylic acids is 2. The van der Waals surface area contributed by atoms with E-state index in [2.05, 4.69) is 9.71 Å². The maximum absolute atomic E-state index is 12.3. The topological polar surface area (TPSA) is 105 Å². The molecular weight excluding hydrogens is 394 g/mol. The summed E-state index contributed by atoms with van der Waals surface area (Å²) in [4.78, 5) is 26.3. The Morgan fingerprint density at radius 1 is 1.21 bits per heavy atom. The third-order valence-corrected chi connectivity index (χ3v) is 7.13. The van der Waals surface area contributed by atoms with Crippen LogP contribution in [0.2, 0.25) is 0 Å². The van der Waals surface area contributed by atoms with Crippen molar-refractivity contribution in [2.75, 3.05) is 19.7 Å². The molecule has 4 rings (SSSR count). The van der Waals surface area contributed by atoms with Crippen LogP contribution in [0, 0.1) is 11.8 Å². The summed E-state index contributed by atoms with van der Waals surface area (Å²) in [6, 6.07) is 6.89. The predicted octanol–water partition coefficient (Wildman–Crippen LogP) is 1.31. The van der Waals surface area contributed by atoms with Crippen LogP contribution in [0.1, 0.15) is 38.2 Å². The molecule has 1 saturated carbocycles. The van der Waals surface area contributed by atoms with E-state index in [0.717, 1.165) is 12.8 Å². The molecule has 2 fully saturated rings. The smallest absolute Gasteiger partial charge is 0.309 e. The Kier molecular flexibility index (Phi) is 5.33. The fourth-order valence-electron chi connectivity index (χ4n) is 3.91. The molecule has 29 heavy (non-hydrogen) atoms. The van der Waals surface area contributed by atoms with E-state index in [1.807, 2.05) is 11.8 Å². The maximum Gasteiger partial charge on any atom is 0.309 e. The van der Waals surface area contributed by atoms with Crippen LogP contribution in [0.3, 0.4) is 0 Å². The third-order valence-electron chi connectivity index (χ3n) is 5.80. The quantitative estimate of drug-likeness (QED) is 0.722. The molecule has 8 nitrogen and oxygen atoms in total. The average molecular weight is 420 g/mol. The Labute approximate surface area is 170 Å². The largest absolute Gasteiger partial charge is 0.455 e. The second-order valence-corrected chi connectivity index (χ2v) is 9.52. The van der Waals surface area contributed by atoms with Crippen molar-refractivity contribution in [3.8, 4) is 0 Å². The maximum atomic E-state index is 12.3. The first-order valence-corrected chi connectivity index (χ1v) is 11.4. The highest BCUT2D eigenvalue weighted by atomic mass is 32.2. The number of likely N-dealkylation sites (tertiary alicyclic amines) is 1. The second kappa shape index (κ2) is 7.78. The molecule has 1 atom stereocenters. The van der Waals surface area contributed by atoms with Crippen LogP contribution < -0.4 is 5.32 Å². The van der Waals surface area contributed by atoms with E-state index in [4.69, 9.17) is 4.74 Å². The van der Waals surface area contributed by atoms with Crippen molar-refractivity contribution in [2.24, 2.45) is 16.2 Å². The Bertz CT molecular complexity index is 947. The van der Waals surface area contributed by atoms with Gasteiger partial charge in [0.05, 0.1) is 5.92 Å². The number of nitrogens with zero attached hydrogens (tertiary/aromatic N) is 2. The summed E-state index contributed by atoms with van der Waals surface area (Å²) in [7, 11) is -3.65. The molecule has 1 aromatic carbocycles. The molecule has 2 aliphatic heterocycles. The van der Waals surface area contributed by atoms with Gasteiger partial charge in [-0.2, -0.15) is 8.42 Å². The van der Waals surface area contributed by atoms with Gasteiger partial charge in [-0.25, -0.2) is 0 Å². The average Bonchev–Trinajstić information content (AvgIpc) is 3.52. The first-order chi connectivity index (χ1) is 13.8. The van der Waals surface area contributed by atoms with Crippen LogP contribution in [0.5, 0.6) is 0 Å². The van der Waals surface area contributed by atoms with Gasteiger partial charge in [-0.3, -0.25) is 9.59 Å². The molecule has 156 valence electrons. The summed E-state index contributed by atoms with van der Waals surface area (Å²) in [5.41, 5.74) is 0.606. The highest BCUT2D eigenvalue weighted by Gasteiger charge is 2.35. The van der Waals surface area contributed by atoms with Gasteiger partial charge in [-0.15, -0.1) is 4.40 Å². The molecule has 9 heteroatoms. The SMILES string of the molecule is C[C@H](NC(=O)COC(=O)C1CCN(C2=NS(=O)(=O)c3ccccc32)CC1)C1CC1. The van der Waals surface area contributed by atoms with Crippen molar-refractivity contribution in [1.82, 2.24) is 10.2 Å². The van der Waals surface area contributed by atoms with Crippen LogP contribution >= 0.6 is 0 Å². The van der Waals surface area contributed by atoms with E-state index in [1.165, 1.54) is 0 Å². The summed E-state index contributed by atoms with van der Waals surface area (Å²) >= 11 is 0. The number of rotatable bonds is 5. The highest BCUT2D eigenvalue weighted by molar-refractivity contribution is 7.90. The summed E-state index contributed by atoms with van der Waals surface area (Å²) in [5.74, 6) is 0.0543. The van der Waals surface area contributed by atoms with Crippen LogP contribution in [0.4, 0.5) is 0 Å². The van der Waals surface area contributed by atoms with E-state index in [9.17, 15) is 18.0 Å². The minimum atomic E-state index is -3.65. The molecule has 0 unspecified atom stereocenters. The van der Waals surface area contributed by atoms with Gasteiger partial charge in [-0.05, 0) is 50.7 Å². The molecule has 1 aromatic rings. The Balaban J connectivity index is 1.28. The van der Waals surface area contributed by atoms with Crippen molar-refractivity contribution >= 4 is 27.7 Å². The molecule has 0 bridgehead atoms. The molecule has 3 aliphatic rings. The number of hydrogen-bond donors (Lipinski definition) is 1. The molecule has 2 heterocycles. The number of amides is 1. The van der Waals surface area contributed by atoms with Crippen LogP contribution in [0.15, 0.2) is 33.6 Å². The van der Waals surface area contributed by atoms with Crippen LogP contribution in [0.25, 0.3) is 0 Å². The van der Waals surface area contributed by atoms with E-state index in [0.29, 0.717) is 43.2 Å². The van der Waals surface area contributed by atoms with Gasteiger partial charge in [0.25, 0.3) is 15.9 Å². The Morgan fingerprint density at radius 2 is 1.90 bits per heavy atom. The predicted molar refractivity (Wildman–Crippen MR) is 106 cm³/mol. The summed E-state index contributed by atoms with van der Waals surface area (Å²) in [6.45, 7) is 2.73. The number of carbonyl (C=O) groups is 2. The monoisotopic (exact) mass is 419 g/mol. The van der Waals surface area contributed by atoms with Crippen molar-refractivity contribution in [3.63, 3.8) is 0 Å². The lowest BCUT2D eigenvalue weighted by Crippen LogP contribution is -2.41. The van der Waals surface area contributed by atoms with E-state index >= 15 is 0 Å². The number of benzene rings is 1.